The third-order valence-corrected chi connectivity index (χ3v) is 3.54. The maximum absolute atomic E-state index is 11.3. The van der Waals surface area contributed by atoms with Crippen LogP contribution < -0.4 is 5.32 Å². The molecule has 3 nitrogen and oxygen atoms in total. The van der Waals surface area contributed by atoms with E-state index in [0.29, 0.717) is 0 Å². The van der Waals surface area contributed by atoms with Crippen LogP contribution in [0, 0.1) is 0 Å². The zero-order chi connectivity index (χ0) is 13.0. The summed E-state index contributed by atoms with van der Waals surface area (Å²) in [5.41, 5.74) is 1.88. The minimum absolute atomic E-state index is 0.0116. The number of benzene rings is 1. The van der Waals surface area contributed by atoms with Crippen molar-refractivity contribution in [3.8, 4) is 0 Å². The van der Waals surface area contributed by atoms with Crippen molar-refractivity contribution >= 4 is 17.3 Å². The molecule has 1 aromatic carbocycles. The first-order valence-electron chi connectivity index (χ1n) is 5.74. The lowest BCUT2D eigenvalue weighted by Gasteiger charge is -2.20. The predicted molar refractivity (Wildman–Crippen MR) is 72.7 cm³/mol. The quantitative estimate of drug-likeness (QED) is 0.868. The molecule has 0 aliphatic carbocycles. The molecule has 2 atom stereocenters. The zero-order valence-corrected chi connectivity index (χ0v) is 10.9. The molecule has 0 aliphatic rings. The van der Waals surface area contributed by atoms with Crippen molar-refractivity contribution in [3.63, 3.8) is 0 Å². The number of nitrogens with one attached hydrogen (secondary N) is 1. The molecule has 18 heavy (non-hydrogen) atoms. The summed E-state index contributed by atoms with van der Waals surface area (Å²) in [6, 6.07) is 10.6. The van der Waals surface area contributed by atoms with E-state index < -0.39 is 12.0 Å². The standard InChI is InChI=1S/C14H15NO2S/c1-10(12-7-8-18-9-12)15-13(14(16)17)11-5-3-2-4-6-11/h2-10,13,15H,1H3,(H,16,17). The van der Waals surface area contributed by atoms with Crippen molar-refractivity contribution in [1.29, 1.82) is 0 Å². The number of carbonyl (C=O) groups is 1. The lowest BCUT2D eigenvalue weighted by atomic mass is 10.0. The van der Waals surface area contributed by atoms with E-state index in [9.17, 15) is 9.90 Å². The van der Waals surface area contributed by atoms with Crippen LogP contribution in [0.15, 0.2) is 47.2 Å². The number of thiophene rings is 1. The third kappa shape index (κ3) is 2.97. The van der Waals surface area contributed by atoms with Crippen LogP contribution in [0.1, 0.15) is 30.1 Å². The van der Waals surface area contributed by atoms with Gasteiger partial charge in [-0.15, -0.1) is 0 Å². The first-order valence-corrected chi connectivity index (χ1v) is 6.68. The van der Waals surface area contributed by atoms with E-state index in [2.05, 4.69) is 5.32 Å². The van der Waals surface area contributed by atoms with Gasteiger partial charge in [0.1, 0.15) is 6.04 Å². The van der Waals surface area contributed by atoms with Crippen LogP contribution in [0.3, 0.4) is 0 Å². The lowest BCUT2D eigenvalue weighted by Crippen LogP contribution is -2.30. The van der Waals surface area contributed by atoms with Gasteiger partial charge in [-0.3, -0.25) is 10.1 Å². The Bertz CT molecular complexity index is 496. The van der Waals surface area contributed by atoms with E-state index in [0.717, 1.165) is 11.1 Å². The molecule has 0 saturated carbocycles. The van der Waals surface area contributed by atoms with Gasteiger partial charge in [-0.2, -0.15) is 11.3 Å². The van der Waals surface area contributed by atoms with Gasteiger partial charge >= 0.3 is 5.97 Å². The van der Waals surface area contributed by atoms with E-state index in [1.54, 1.807) is 11.3 Å². The summed E-state index contributed by atoms with van der Waals surface area (Å²) in [6.07, 6.45) is 0. The normalized spacial score (nSPS) is 14.1. The molecule has 0 radical (unpaired) electrons. The van der Waals surface area contributed by atoms with E-state index in [1.807, 2.05) is 54.1 Å². The first kappa shape index (κ1) is 12.8. The van der Waals surface area contributed by atoms with Gasteiger partial charge in [-0.25, -0.2) is 0 Å². The predicted octanol–water partition coefficient (Wildman–Crippen LogP) is 3.22. The summed E-state index contributed by atoms with van der Waals surface area (Å²) in [4.78, 5) is 11.3. The monoisotopic (exact) mass is 261 g/mol. The van der Waals surface area contributed by atoms with Crippen molar-refractivity contribution < 1.29 is 9.90 Å². The fraction of sp³-hybridized carbons (Fsp3) is 0.214. The van der Waals surface area contributed by atoms with Gasteiger partial charge < -0.3 is 5.11 Å². The molecule has 0 fully saturated rings. The molecule has 1 heterocycles. The van der Waals surface area contributed by atoms with Crippen LogP contribution >= 0.6 is 11.3 Å². The molecule has 4 heteroatoms. The maximum Gasteiger partial charge on any atom is 0.325 e. The fourth-order valence-electron chi connectivity index (χ4n) is 1.82. The Hall–Kier alpha value is -1.65. The van der Waals surface area contributed by atoms with Gasteiger partial charge in [-0.05, 0) is 34.9 Å². The van der Waals surface area contributed by atoms with Crippen LogP contribution in [0.25, 0.3) is 0 Å². The van der Waals surface area contributed by atoms with Crippen LogP contribution in [-0.4, -0.2) is 11.1 Å². The first-order chi connectivity index (χ1) is 8.68. The summed E-state index contributed by atoms with van der Waals surface area (Å²) in [5.74, 6) is -0.858. The number of carboxylic acid groups (broad SMARTS) is 1. The number of hydrogen-bond donors (Lipinski definition) is 2. The topological polar surface area (TPSA) is 49.3 Å². The fourth-order valence-corrected chi connectivity index (χ4v) is 2.58. The molecule has 0 saturated heterocycles. The van der Waals surface area contributed by atoms with Crippen molar-refractivity contribution in [2.24, 2.45) is 0 Å². The number of hydrogen-bond acceptors (Lipinski definition) is 3. The molecule has 2 N–H and O–H groups in total. The second-order valence-electron chi connectivity index (χ2n) is 4.13. The average molecular weight is 261 g/mol. The maximum atomic E-state index is 11.3. The molecule has 0 bridgehead atoms. The molecule has 2 unspecified atom stereocenters. The second kappa shape index (κ2) is 5.80. The van der Waals surface area contributed by atoms with E-state index in [4.69, 9.17) is 0 Å². The van der Waals surface area contributed by atoms with Crippen molar-refractivity contribution in [2.75, 3.05) is 0 Å². The van der Waals surface area contributed by atoms with E-state index >= 15 is 0 Å². The third-order valence-electron chi connectivity index (χ3n) is 2.84. The molecular formula is C14H15NO2S. The molecular weight excluding hydrogens is 246 g/mol. The number of carboxylic acids is 1. The number of aliphatic carboxylic acids is 1. The highest BCUT2D eigenvalue weighted by molar-refractivity contribution is 7.07. The highest BCUT2D eigenvalue weighted by atomic mass is 32.1. The van der Waals surface area contributed by atoms with E-state index in [1.165, 1.54) is 0 Å². The summed E-state index contributed by atoms with van der Waals surface area (Å²) >= 11 is 1.61. The molecule has 2 rings (SSSR count). The van der Waals surface area contributed by atoms with Gasteiger partial charge in [0, 0.05) is 6.04 Å². The van der Waals surface area contributed by atoms with Gasteiger partial charge in [-0.1, -0.05) is 30.3 Å². The Labute approximate surface area is 110 Å². The Balaban J connectivity index is 2.15. The summed E-state index contributed by atoms with van der Waals surface area (Å²) < 4.78 is 0. The van der Waals surface area contributed by atoms with E-state index in [-0.39, 0.29) is 6.04 Å². The molecule has 0 aliphatic heterocycles. The Kier molecular flexibility index (Phi) is 4.12. The van der Waals surface area contributed by atoms with Gasteiger partial charge in [0.25, 0.3) is 0 Å². The van der Waals surface area contributed by atoms with Gasteiger partial charge in [0.15, 0.2) is 0 Å². The highest BCUT2D eigenvalue weighted by Gasteiger charge is 2.21. The zero-order valence-electron chi connectivity index (χ0n) is 10.0. The molecule has 0 spiro atoms. The molecule has 0 amide bonds. The largest absolute Gasteiger partial charge is 0.480 e. The van der Waals surface area contributed by atoms with Crippen molar-refractivity contribution in [1.82, 2.24) is 5.32 Å². The van der Waals surface area contributed by atoms with Crippen LogP contribution in [0.4, 0.5) is 0 Å². The highest BCUT2D eigenvalue weighted by Crippen LogP contribution is 2.21. The smallest absolute Gasteiger partial charge is 0.325 e. The Morgan fingerprint density at radius 2 is 1.94 bits per heavy atom. The van der Waals surface area contributed by atoms with Crippen molar-refractivity contribution in [3.05, 3.63) is 58.3 Å². The van der Waals surface area contributed by atoms with Crippen LogP contribution in [0.5, 0.6) is 0 Å². The summed E-state index contributed by atoms with van der Waals surface area (Å²) in [6.45, 7) is 1.97. The SMILES string of the molecule is CC(NC(C(=O)O)c1ccccc1)c1ccsc1. The summed E-state index contributed by atoms with van der Waals surface area (Å²) in [7, 11) is 0. The van der Waals surface area contributed by atoms with Crippen LogP contribution in [0.2, 0.25) is 0 Å². The van der Waals surface area contributed by atoms with Crippen LogP contribution in [-0.2, 0) is 4.79 Å². The Morgan fingerprint density at radius 3 is 2.50 bits per heavy atom. The average Bonchev–Trinajstić information content (AvgIpc) is 2.90. The molecule has 2 aromatic rings. The lowest BCUT2D eigenvalue weighted by molar-refractivity contribution is -0.139. The van der Waals surface area contributed by atoms with Gasteiger partial charge in [0.2, 0.25) is 0 Å². The minimum atomic E-state index is -0.858. The minimum Gasteiger partial charge on any atom is -0.480 e. The summed E-state index contributed by atoms with van der Waals surface area (Å²) in [5, 5.41) is 16.5. The molecule has 1 aromatic heterocycles. The Morgan fingerprint density at radius 1 is 1.22 bits per heavy atom. The molecule has 94 valence electrons. The second-order valence-corrected chi connectivity index (χ2v) is 4.91. The number of rotatable bonds is 5. The van der Waals surface area contributed by atoms with Gasteiger partial charge in [0.05, 0.1) is 0 Å². The van der Waals surface area contributed by atoms with Crippen molar-refractivity contribution in [2.45, 2.75) is 19.0 Å².